The molecule has 2 aliphatic heterocycles. The molecule has 1 aromatic carbocycles. The molecule has 0 bridgehead atoms. The second-order valence-electron chi connectivity index (χ2n) is 5.08. The first-order chi connectivity index (χ1) is 9.25. The van der Waals surface area contributed by atoms with E-state index in [0.717, 1.165) is 30.2 Å². The van der Waals surface area contributed by atoms with Crippen LogP contribution in [0.4, 0.5) is 0 Å². The third kappa shape index (κ3) is 2.38. The van der Waals surface area contributed by atoms with Gasteiger partial charge in [-0.25, -0.2) is 0 Å². The molecule has 1 aromatic rings. The van der Waals surface area contributed by atoms with E-state index in [1.54, 1.807) is 0 Å². The third-order valence-corrected chi connectivity index (χ3v) is 3.86. The summed E-state index contributed by atoms with van der Waals surface area (Å²) >= 11 is 0. The van der Waals surface area contributed by atoms with Gasteiger partial charge in [-0.05, 0) is 25.1 Å². The van der Waals surface area contributed by atoms with Crippen molar-refractivity contribution in [2.24, 2.45) is 11.8 Å². The molecule has 0 aromatic heterocycles. The summed E-state index contributed by atoms with van der Waals surface area (Å²) in [5, 5.41) is 6.16. The summed E-state index contributed by atoms with van der Waals surface area (Å²) in [5.74, 6) is 2.11. The summed E-state index contributed by atoms with van der Waals surface area (Å²) in [4.78, 5) is 12.0. The fourth-order valence-corrected chi connectivity index (χ4v) is 2.35. The Bertz CT molecular complexity index is 486. The Morgan fingerprint density at radius 1 is 1.47 bits per heavy atom. The maximum Gasteiger partial charge on any atom is 0.231 e. The predicted octanol–water partition coefficient (Wildman–Crippen LogP) is 0.887. The van der Waals surface area contributed by atoms with Gasteiger partial charge in [-0.2, -0.15) is 0 Å². The Morgan fingerprint density at radius 3 is 3.05 bits per heavy atom. The number of benzene rings is 1. The Balaban J connectivity index is 1.60. The molecule has 0 radical (unpaired) electrons. The van der Waals surface area contributed by atoms with Crippen molar-refractivity contribution in [1.29, 1.82) is 0 Å². The SMILES string of the molecule is CC(C(=O)NCc1cccc2c1OCO2)C1CNC1. The molecule has 0 spiro atoms. The van der Waals surface area contributed by atoms with Crippen LogP contribution in [0.15, 0.2) is 18.2 Å². The molecule has 19 heavy (non-hydrogen) atoms. The maximum absolute atomic E-state index is 12.0. The smallest absolute Gasteiger partial charge is 0.231 e. The zero-order valence-electron chi connectivity index (χ0n) is 10.9. The van der Waals surface area contributed by atoms with Gasteiger partial charge in [0.1, 0.15) is 0 Å². The molecular weight excluding hydrogens is 244 g/mol. The average Bonchev–Trinajstić information content (AvgIpc) is 2.82. The zero-order chi connectivity index (χ0) is 13.2. The number of ether oxygens (including phenoxy) is 2. The second-order valence-corrected chi connectivity index (χ2v) is 5.08. The number of carbonyl (C=O) groups is 1. The van der Waals surface area contributed by atoms with E-state index in [4.69, 9.17) is 9.47 Å². The molecule has 0 saturated carbocycles. The molecule has 102 valence electrons. The molecular formula is C14H18N2O3. The van der Waals surface area contributed by atoms with Crippen LogP contribution in [0.3, 0.4) is 0 Å². The number of amides is 1. The van der Waals surface area contributed by atoms with Gasteiger partial charge in [-0.15, -0.1) is 0 Å². The van der Waals surface area contributed by atoms with Crippen LogP contribution >= 0.6 is 0 Å². The standard InChI is InChI=1S/C14H18N2O3/c1-9(11-5-15-6-11)14(17)16-7-10-3-2-4-12-13(10)19-8-18-12/h2-4,9,11,15H,5-8H2,1H3,(H,16,17). The zero-order valence-corrected chi connectivity index (χ0v) is 10.9. The Hall–Kier alpha value is -1.75. The van der Waals surface area contributed by atoms with Gasteiger partial charge in [0.2, 0.25) is 12.7 Å². The first kappa shape index (κ1) is 12.3. The topological polar surface area (TPSA) is 59.6 Å². The second kappa shape index (κ2) is 5.09. The molecule has 1 atom stereocenters. The van der Waals surface area contributed by atoms with Crippen molar-refractivity contribution in [2.45, 2.75) is 13.5 Å². The van der Waals surface area contributed by atoms with Gasteiger partial charge in [0.15, 0.2) is 11.5 Å². The van der Waals surface area contributed by atoms with Gasteiger partial charge in [0.25, 0.3) is 0 Å². The van der Waals surface area contributed by atoms with Crippen molar-refractivity contribution >= 4 is 5.91 Å². The number of rotatable bonds is 4. The highest BCUT2D eigenvalue weighted by Crippen LogP contribution is 2.35. The van der Waals surface area contributed by atoms with Crippen molar-refractivity contribution in [3.63, 3.8) is 0 Å². The summed E-state index contributed by atoms with van der Waals surface area (Å²) in [5.41, 5.74) is 0.960. The van der Waals surface area contributed by atoms with E-state index in [1.165, 1.54) is 0 Å². The fourth-order valence-electron chi connectivity index (χ4n) is 2.35. The summed E-state index contributed by atoms with van der Waals surface area (Å²) in [7, 11) is 0. The van der Waals surface area contributed by atoms with Gasteiger partial charge in [0, 0.05) is 18.0 Å². The van der Waals surface area contributed by atoms with Gasteiger partial charge in [-0.3, -0.25) is 4.79 Å². The van der Waals surface area contributed by atoms with E-state index >= 15 is 0 Å². The minimum atomic E-state index is 0.0511. The molecule has 1 fully saturated rings. The Kier molecular flexibility index (Phi) is 3.29. The van der Waals surface area contributed by atoms with E-state index in [9.17, 15) is 4.79 Å². The van der Waals surface area contributed by atoms with Crippen LogP contribution in [0, 0.1) is 11.8 Å². The molecule has 0 aliphatic carbocycles. The highest BCUT2D eigenvalue weighted by atomic mass is 16.7. The number of hydrogen-bond acceptors (Lipinski definition) is 4. The summed E-state index contributed by atoms with van der Waals surface area (Å²) in [6.07, 6.45) is 0. The van der Waals surface area contributed by atoms with Crippen LogP contribution in [0.2, 0.25) is 0 Å². The van der Waals surface area contributed by atoms with Gasteiger partial charge in [-0.1, -0.05) is 19.1 Å². The number of carbonyl (C=O) groups excluding carboxylic acids is 1. The fraction of sp³-hybridized carbons (Fsp3) is 0.500. The number of hydrogen-bond donors (Lipinski definition) is 2. The summed E-state index contributed by atoms with van der Waals surface area (Å²) in [6, 6.07) is 5.73. The van der Waals surface area contributed by atoms with Gasteiger partial charge >= 0.3 is 0 Å². The van der Waals surface area contributed by atoms with E-state index in [1.807, 2.05) is 25.1 Å². The highest BCUT2D eigenvalue weighted by molar-refractivity contribution is 5.78. The van der Waals surface area contributed by atoms with Gasteiger partial charge < -0.3 is 20.1 Å². The number of nitrogens with one attached hydrogen (secondary N) is 2. The lowest BCUT2D eigenvalue weighted by molar-refractivity contribution is -0.126. The third-order valence-electron chi connectivity index (χ3n) is 3.86. The van der Waals surface area contributed by atoms with E-state index < -0.39 is 0 Å². The lowest BCUT2D eigenvalue weighted by Crippen LogP contribution is -2.49. The molecule has 2 aliphatic rings. The molecule has 3 rings (SSSR count). The van der Waals surface area contributed by atoms with E-state index in [0.29, 0.717) is 12.5 Å². The van der Waals surface area contributed by atoms with Crippen LogP contribution in [0.25, 0.3) is 0 Å². The summed E-state index contributed by atoms with van der Waals surface area (Å²) < 4.78 is 10.7. The first-order valence-corrected chi connectivity index (χ1v) is 6.61. The van der Waals surface area contributed by atoms with Crippen LogP contribution in [-0.4, -0.2) is 25.8 Å². The lowest BCUT2D eigenvalue weighted by atomic mass is 9.88. The van der Waals surface area contributed by atoms with Crippen LogP contribution in [0.5, 0.6) is 11.5 Å². The quantitative estimate of drug-likeness (QED) is 0.846. The largest absolute Gasteiger partial charge is 0.454 e. The van der Waals surface area contributed by atoms with Crippen LogP contribution < -0.4 is 20.1 Å². The molecule has 2 heterocycles. The minimum absolute atomic E-state index is 0.0511. The number of fused-ring (bicyclic) bond motifs is 1. The van der Waals surface area contributed by atoms with Crippen molar-refractivity contribution in [3.8, 4) is 11.5 Å². The van der Waals surface area contributed by atoms with Crippen LogP contribution in [0.1, 0.15) is 12.5 Å². The number of para-hydroxylation sites is 1. The normalized spacial score (nSPS) is 18.8. The van der Waals surface area contributed by atoms with Crippen molar-refractivity contribution < 1.29 is 14.3 Å². The van der Waals surface area contributed by atoms with Crippen molar-refractivity contribution in [1.82, 2.24) is 10.6 Å². The molecule has 5 nitrogen and oxygen atoms in total. The predicted molar refractivity (Wildman–Crippen MR) is 69.9 cm³/mol. The Morgan fingerprint density at radius 2 is 2.32 bits per heavy atom. The highest BCUT2D eigenvalue weighted by Gasteiger charge is 2.28. The molecule has 2 N–H and O–H groups in total. The lowest BCUT2D eigenvalue weighted by Gasteiger charge is -2.31. The monoisotopic (exact) mass is 262 g/mol. The van der Waals surface area contributed by atoms with E-state index in [2.05, 4.69) is 10.6 Å². The van der Waals surface area contributed by atoms with Crippen molar-refractivity contribution in [2.75, 3.05) is 19.9 Å². The van der Waals surface area contributed by atoms with Crippen molar-refractivity contribution in [3.05, 3.63) is 23.8 Å². The minimum Gasteiger partial charge on any atom is -0.454 e. The average molecular weight is 262 g/mol. The van der Waals surface area contributed by atoms with Gasteiger partial charge in [0.05, 0.1) is 0 Å². The van der Waals surface area contributed by atoms with Crippen LogP contribution in [-0.2, 0) is 11.3 Å². The first-order valence-electron chi connectivity index (χ1n) is 6.61. The molecule has 1 unspecified atom stereocenters. The van der Waals surface area contributed by atoms with E-state index in [-0.39, 0.29) is 18.6 Å². The molecule has 5 heteroatoms. The molecule has 1 amide bonds. The summed E-state index contributed by atoms with van der Waals surface area (Å²) in [6.45, 7) is 4.59. The molecule has 1 saturated heterocycles. The Labute approximate surface area is 112 Å². The maximum atomic E-state index is 12.0.